The van der Waals surface area contributed by atoms with E-state index in [0.717, 1.165) is 5.56 Å². The fourth-order valence-corrected chi connectivity index (χ4v) is 4.64. The lowest BCUT2D eigenvalue weighted by Gasteiger charge is -2.31. The van der Waals surface area contributed by atoms with Crippen LogP contribution in [0.25, 0.3) is 6.08 Å². The lowest BCUT2D eigenvalue weighted by atomic mass is 10.1. The van der Waals surface area contributed by atoms with Gasteiger partial charge in [-0.1, -0.05) is 18.2 Å². The molecule has 1 aliphatic rings. The number of benzene rings is 2. The van der Waals surface area contributed by atoms with Gasteiger partial charge in [0.2, 0.25) is 15.9 Å². The number of carbonyl (C=O) groups excluding carboxylic acids is 1. The highest BCUT2D eigenvalue weighted by atomic mass is 32.2. The molecule has 7 nitrogen and oxygen atoms in total. The van der Waals surface area contributed by atoms with Crippen molar-refractivity contribution in [2.75, 3.05) is 27.3 Å². The minimum atomic E-state index is -3.61. The van der Waals surface area contributed by atoms with Gasteiger partial charge in [-0.25, -0.2) is 13.1 Å². The highest BCUT2D eigenvalue weighted by Gasteiger charge is 2.26. The van der Waals surface area contributed by atoms with Crippen molar-refractivity contribution < 1.29 is 22.7 Å². The van der Waals surface area contributed by atoms with Gasteiger partial charge in [-0.15, -0.1) is 0 Å². The van der Waals surface area contributed by atoms with E-state index in [1.165, 1.54) is 25.3 Å². The van der Waals surface area contributed by atoms with Crippen LogP contribution in [0.3, 0.4) is 0 Å². The van der Waals surface area contributed by atoms with Gasteiger partial charge in [0.15, 0.2) is 0 Å². The molecule has 1 fully saturated rings. The molecule has 0 atom stereocenters. The van der Waals surface area contributed by atoms with Gasteiger partial charge < -0.3 is 14.4 Å². The van der Waals surface area contributed by atoms with Crippen molar-refractivity contribution in [3.63, 3.8) is 0 Å². The van der Waals surface area contributed by atoms with Crippen molar-refractivity contribution in [2.45, 2.75) is 23.8 Å². The van der Waals surface area contributed by atoms with Crippen LogP contribution in [0.5, 0.6) is 11.5 Å². The third-order valence-electron chi connectivity index (χ3n) is 5.04. The summed E-state index contributed by atoms with van der Waals surface area (Å²) in [6.45, 7) is 0.982. The topological polar surface area (TPSA) is 84.9 Å². The molecule has 1 aliphatic heterocycles. The summed E-state index contributed by atoms with van der Waals surface area (Å²) in [5.41, 5.74) is 0.829. The molecule has 0 radical (unpaired) electrons. The average molecular weight is 431 g/mol. The van der Waals surface area contributed by atoms with Crippen molar-refractivity contribution in [1.82, 2.24) is 9.62 Å². The minimum Gasteiger partial charge on any atom is -0.497 e. The third kappa shape index (κ3) is 5.40. The molecule has 2 aromatic carbocycles. The number of rotatable bonds is 7. The fraction of sp³-hybridized carbons (Fsp3) is 0.318. The number of likely N-dealkylation sites (tertiary alicyclic amines) is 1. The lowest BCUT2D eigenvalue weighted by Crippen LogP contribution is -2.46. The Labute approximate surface area is 177 Å². The highest BCUT2D eigenvalue weighted by molar-refractivity contribution is 7.89. The number of sulfonamides is 1. The molecule has 0 aromatic heterocycles. The van der Waals surface area contributed by atoms with Gasteiger partial charge in [0.05, 0.1) is 19.1 Å². The molecule has 160 valence electrons. The summed E-state index contributed by atoms with van der Waals surface area (Å²) >= 11 is 0. The zero-order valence-corrected chi connectivity index (χ0v) is 17.9. The van der Waals surface area contributed by atoms with E-state index in [9.17, 15) is 13.2 Å². The second-order valence-corrected chi connectivity index (χ2v) is 8.69. The summed E-state index contributed by atoms with van der Waals surface area (Å²) in [5.74, 6) is 1.20. The quantitative estimate of drug-likeness (QED) is 0.683. The first-order valence-corrected chi connectivity index (χ1v) is 11.2. The first kappa shape index (κ1) is 21.9. The molecular weight excluding hydrogens is 404 g/mol. The normalized spacial score (nSPS) is 15.3. The van der Waals surface area contributed by atoms with Crippen molar-refractivity contribution >= 4 is 22.0 Å². The van der Waals surface area contributed by atoms with Crippen LogP contribution in [0.4, 0.5) is 0 Å². The van der Waals surface area contributed by atoms with Crippen LogP contribution in [-0.2, 0) is 14.8 Å². The summed E-state index contributed by atoms with van der Waals surface area (Å²) < 4.78 is 38.2. The molecule has 3 rings (SSSR count). The van der Waals surface area contributed by atoms with E-state index < -0.39 is 10.0 Å². The van der Waals surface area contributed by atoms with Gasteiger partial charge in [-0.2, -0.15) is 0 Å². The van der Waals surface area contributed by atoms with E-state index in [1.54, 1.807) is 30.2 Å². The number of nitrogens with one attached hydrogen (secondary N) is 1. The maximum atomic E-state index is 12.6. The maximum absolute atomic E-state index is 12.6. The van der Waals surface area contributed by atoms with Crippen LogP contribution >= 0.6 is 0 Å². The van der Waals surface area contributed by atoms with Crippen molar-refractivity contribution in [3.8, 4) is 11.5 Å². The van der Waals surface area contributed by atoms with Gasteiger partial charge in [0.25, 0.3) is 0 Å². The number of methoxy groups -OCH3 is 2. The molecule has 1 N–H and O–H groups in total. The zero-order valence-electron chi connectivity index (χ0n) is 17.1. The van der Waals surface area contributed by atoms with Crippen LogP contribution in [0.15, 0.2) is 59.5 Å². The Hall–Kier alpha value is -2.84. The monoisotopic (exact) mass is 430 g/mol. The van der Waals surface area contributed by atoms with Crippen LogP contribution in [0, 0.1) is 0 Å². The second kappa shape index (κ2) is 9.77. The number of para-hydroxylation sites is 1. The summed E-state index contributed by atoms with van der Waals surface area (Å²) in [5, 5.41) is 0. The maximum Gasteiger partial charge on any atom is 0.246 e. The van der Waals surface area contributed by atoms with E-state index in [-0.39, 0.29) is 16.8 Å². The van der Waals surface area contributed by atoms with Crippen LogP contribution in [-0.4, -0.2) is 52.6 Å². The summed E-state index contributed by atoms with van der Waals surface area (Å²) in [6, 6.07) is 13.5. The van der Waals surface area contributed by atoms with Crippen molar-refractivity contribution in [2.24, 2.45) is 0 Å². The predicted molar refractivity (Wildman–Crippen MR) is 115 cm³/mol. The SMILES string of the molecule is COc1ccc(S(=O)(=O)NC2CCN(C(=O)C=Cc3ccccc3OC)CC2)cc1. The molecule has 1 heterocycles. The molecule has 0 spiro atoms. The Morgan fingerprint density at radius 2 is 1.70 bits per heavy atom. The first-order valence-electron chi connectivity index (χ1n) is 9.69. The molecular formula is C22H26N2O5S. The van der Waals surface area contributed by atoms with Gasteiger partial charge >= 0.3 is 0 Å². The Morgan fingerprint density at radius 1 is 1.03 bits per heavy atom. The molecule has 0 aliphatic carbocycles. The number of carbonyl (C=O) groups is 1. The summed E-state index contributed by atoms with van der Waals surface area (Å²) in [6.07, 6.45) is 4.38. The van der Waals surface area contributed by atoms with Crippen molar-refractivity contribution in [3.05, 3.63) is 60.2 Å². The Morgan fingerprint density at radius 3 is 2.33 bits per heavy atom. The molecule has 1 amide bonds. The standard InChI is InChI=1S/C22H26N2O5S/c1-28-19-8-10-20(11-9-19)30(26,27)23-18-13-15-24(16-14-18)22(25)12-7-17-5-3-4-6-21(17)29-2/h3-12,18,23H,13-16H2,1-2H3. The molecule has 0 unspecified atom stereocenters. The van der Waals surface area contributed by atoms with Crippen LogP contribution < -0.4 is 14.2 Å². The van der Waals surface area contributed by atoms with E-state index in [4.69, 9.17) is 9.47 Å². The van der Waals surface area contributed by atoms with Crippen LogP contribution in [0.1, 0.15) is 18.4 Å². The number of hydrogen-bond donors (Lipinski definition) is 1. The summed E-state index contributed by atoms with van der Waals surface area (Å²) in [7, 11) is -0.494. The number of hydrogen-bond acceptors (Lipinski definition) is 5. The Balaban J connectivity index is 1.55. The third-order valence-corrected chi connectivity index (χ3v) is 6.58. The minimum absolute atomic E-state index is 0.0997. The predicted octanol–water partition coefficient (Wildman–Crippen LogP) is 2.69. The Bertz CT molecular complexity index is 994. The van der Waals surface area contributed by atoms with E-state index in [2.05, 4.69) is 4.72 Å². The molecule has 0 saturated carbocycles. The number of piperidine rings is 1. The number of ether oxygens (including phenoxy) is 2. The summed E-state index contributed by atoms with van der Waals surface area (Å²) in [4.78, 5) is 14.4. The number of amides is 1. The molecule has 1 saturated heterocycles. The van der Waals surface area contributed by atoms with Crippen LogP contribution in [0.2, 0.25) is 0 Å². The smallest absolute Gasteiger partial charge is 0.246 e. The van der Waals surface area contributed by atoms with E-state index >= 15 is 0 Å². The molecule has 2 aromatic rings. The molecule has 30 heavy (non-hydrogen) atoms. The van der Waals surface area contributed by atoms with Gasteiger partial charge in [-0.3, -0.25) is 4.79 Å². The first-order chi connectivity index (χ1) is 14.4. The zero-order chi connectivity index (χ0) is 21.6. The average Bonchev–Trinajstić information content (AvgIpc) is 2.78. The second-order valence-electron chi connectivity index (χ2n) is 6.97. The largest absolute Gasteiger partial charge is 0.497 e. The molecule has 8 heteroatoms. The van der Waals surface area contributed by atoms with E-state index in [0.29, 0.717) is 37.4 Å². The van der Waals surface area contributed by atoms with Gasteiger partial charge in [-0.05, 0) is 49.2 Å². The highest BCUT2D eigenvalue weighted by Crippen LogP contribution is 2.20. The molecule has 0 bridgehead atoms. The van der Waals surface area contributed by atoms with Crippen molar-refractivity contribution in [1.29, 1.82) is 0 Å². The Kier molecular flexibility index (Phi) is 7.12. The lowest BCUT2D eigenvalue weighted by molar-refractivity contribution is -0.126. The number of nitrogens with zero attached hydrogens (tertiary/aromatic N) is 1. The van der Waals surface area contributed by atoms with Gasteiger partial charge in [0.1, 0.15) is 11.5 Å². The van der Waals surface area contributed by atoms with E-state index in [1.807, 2.05) is 24.3 Å². The fourth-order valence-electron chi connectivity index (χ4n) is 3.33. The van der Waals surface area contributed by atoms with Gasteiger partial charge in [0, 0.05) is 30.8 Å².